The molecule has 1 aromatic heterocycles. The molecule has 10 heteroatoms. The standard InChI is InChI=1S/C10H16BFN4O4/c11-4-1-16(9(19)15-7(4)14)8-5(12)6(18)10(2-13,3-17)20-8/h1,5-6,8,17-18H,2-3,11,13H2,(H2,14,15,19)/t5-,6+,8-,10-/m1/s1. The summed E-state index contributed by atoms with van der Waals surface area (Å²) in [4.78, 5) is 15.3. The van der Waals surface area contributed by atoms with Crippen LogP contribution in [0.2, 0.25) is 0 Å². The summed E-state index contributed by atoms with van der Waals surface area (Å²) >= 11 is 0. The van der Waals surface area contributed by atoms with Gasteiger partial charge in [0.25, 0.3) is 0 Å². The molecule has 0 bridgehead atoms. The third-order valence-electron chi connectivity index (χ3n) is 3.53. The summed E-state index contributed by atoms with van der Waals surface area (Å²) in [5.74, 6) is 0.0347. The zero-order valence-electron chi connectivity index (χ0n) is 10.9. The highest BCUT2D eigenvalue weighted by atomic mass is 19.1. The lowest BCUT2D eigenvalue weighted by molar-refractivity contribution is -0.122. The molecule has 0 aliphatic carbocycles. The summed E-state index contributed by atoms with van der Waals surface area (Å²) in [5, 5.41) is 19.1. The number of aromatic nitrogens is 2. The Labute approximate surface area is 114 Å². The maximum atomic E-state index is 14.2. The smallest absolute Gasteiger partial charge is 0.351 e. The number of nitrogen functional groups attached to an aromatic ring is 1. The van der Waals surface area contributed by atoms with Crippen molar-refractivity contribution in [3.05, 3.63) is 16.7 Å². The first kappa shape index (κ1) is 14.9. The summed E-state index contributed by atoms with van der Waals surface area (Å²) in [7, 11) is 1.60. The minimum atomic E-state index is -1.92. The fourth-order valence-corrected chi connectivity index (χ4v) is 2.16. The Kier molecular flexibility index (Phi) is 3.83. The monoisotopic (exact) mass is 286 g/mol. The number of hydrogen-bond acceptors (Lipinski definition) is 7. The second-order valence-electron chi connectivity index (χ2n) is 4.82. The summed E-state index contributed by atoms with van der Waals surface area (Å²) in [6.45, 7) is -0.963. The topological polar surface area (TPSA) is 137 Å². The Balaban J connectivity index is 2.45. The Bertz CT molecular complexity index is 565. The number of ether oxygens (including phenoxy) is 1. The molecule has 0 amide bonds. The van der Waals surface area contributed by atoms with Crippen molar-refractivity contribution in [1.82, 2.24) is 9.55 Å². The van der Waals surface area contributed by atoms with Crippen LogP contribution in [0.1, 0.15) is 6.23 Å². The van der Waals surface area contributed by atoms with Crippen LogP contribution in [0.5, 0.6) is 0 Å². The third kappa shape index (κ3) is 2.10. The molecule has 1 aliphatic heterocycles. The average Bonchev–Trinajstić information content (AvgIpc) is 2.68. The number of nitrogens with two attached hydrogens (primary N) is 2. The first-order valence-corrected chi connectivity index (χ1v) is 6.02. The lowest BCUT2D eigenvalue weighted by atomic mass is 9.97. The first-order chi connectivity index (χ1) is 9.36. The van der Waals surface area contributed by atoms with Gasteiger partial charge in [-0.25, -0.2) is 9.18 Å². The Morgan fingerprint density at radius 3 is 2.80 bits per heavy atom. The highest BCUT2D eigenvalue weighted by Gasteiger charge is 2.55. The van der Waals surface area contributed by atoms with Crippen LogP contribution in [0.3, 0.4) is 0 Å². The number of nitrogens with zero attached hydrogens (tertiary/aromatic N) is 2. The zero-order valence-corrected chi connectivity index (χ0v) is 10.9. The van der Waals surface area contributed by atoms with Crippen LogP contribution < -0.4 is 22.6 Å². The molecular formula is C10H16BFN4O4. The average molecular weight is 286 g/mol. The number of rotatable bonds is 3. The van der Waals surface area contributed by atoms with E-state index in [9.17, 15) is 19.4 Å². The van der Waals surface area contributed by atoms with Gasteiger partial charge in [-0.15, -0.1) is 0 Å². The number of aliphatic hydroxyl groups excluding tert-OH is 2. The molecule has 8 nitrogen and oxygen atoms in total. The second-order valence-corrected chi connectivity index (χ2v) is 4.82. The Morgan fingerprint density at radius 1 is 1.65 bits per heavy atom. The van der Waals surface area contributed by atoms with Gasteiger partial charge in [0.2, 0.25) is 0 Å². The predicted molar refractivity (Wildman–Crippen MR) is 71.0 cm³/mol. The molecule has 1 aromatic rings. The van der Waals surface area contributed by atoms with Gasteiger partial charge in [-0.2, -0.15) is 4.98 Å². The zero-order chi connectivity index (χ0) is 15.1. The van der Waals surface area contributed by atoms with Crippen LogP contribution in [0.4, 0.5) is 10.2 Å². The van der Waals surface area contributed by atoms with E-state index in [2.05, 4.69) is 4.98 Å². The SMILES string of the molecule is Bc1cn([C@@H]2O[C@](CN)(CO)[C@@H](O)[C@H]2F)c(=O)nc1N. The van der Waals surface area contributed by atoms with Crippen molar-refractivity contribution in [2.75, 3.05) is 18.9 Å². The first-order valence-electron chi connectivity index (χ1n) is 6.02. The quantitative estimate of drug-likeness (QED) is 0.416. The van der Waals surface area contributed by atoms with E-state index in [0.29, 0.717) is 5.46 Å². The van der Waals surface area contributed by atoms with Crippen molar-refractivity contribution in [2.45, 2.75) is 24.1 Å². The molecule has 4 atom stereocenters. The van der Waals surface area contributed by atoms with Gasteiger partial charge in [0, 0.05) is 12.7 Å². The van der Waals surface area contributed by atoms with E-state index in [1.165, 1.54) is 6.20 Å². The van der Waals surface area contributed by atoms with E-state index in [-0.39, 0.29) is 12.4 Å². The lowest BCUT2D eigenvalue weighted by Crippen LogP contribution is -2.51. The van der Waals surface area contributed by atoms with Gasteiger partial charge < -0.3 is 26.4 Å². The van der Waals surface area contributed by atoms with E-state index in [1.54, 1.807) is 7.85 Å². The molecule has 1 fully saturated rings. The lowest BCUT2D eigenvalue weighted by Gasteiger charge is -2.27. The normalized spacial score (nSPS) is 33.5. The molecule has 2 rings (SSSR count). The molecule has 6 N–H and O–H groups in total. The molecule has 20 heavy (non-hydrogen) atoms. The van der Waals surface area contributed by atoms with E-state index in [0.717, 1.165) is 4.57 Å². The Hall–Kier alpha value is -1.49. The molecule has 0 saturated carbocycles. The van der Waals surface area contributed by atoms with Crippen LogP contribution in [-0.2, 0) is 4.74 Å². The van der Waals surface area contributed by atoms with Crippen LogP contribution in [0, 0.1) is 0 Å². The van der Waals surface area contributed by atoms with Crippen LogP contribution in [-0.4, -0.2) is 58.6 Å². The fraction of sp³-hybridized carbons (Fsp3) is 0.600. The minimum Gasteiger partial charge on any atom is -0.393 e. The van der Waals surface area contributed by atoms with E-state index >= 15 is 0 Å². The highest BCUT2D eigenvalue weighted by Crippen LogP contribution is 2.37. The van der Waals surface area contributed by atoms with Crippen molar-refractivity contribution in [2.24, 2.45) is 5.73 Å². The van der Waals surface area contributed by atoms with Gasteiger partial charge >= 0.3 is 5.69 Å². The van der Waals surface area contributed by atoms with E-state index in [4.69, 9.17) is 16.2 Å². The van der Waals surface area contributed by atoms with Crippen LogP contribution in [0.15, 0.2) is 11.0 Å². The van der Waals surface area contributed by atoms with Gasteiger partial charge in [0.1, 0.15) is 25.4 Å². The van der Waals surface area contributed by atoms with Gasteiger partial charge in [-0.1, -0.05) is 0 Å². The largest absolute Gasteiger partial charge is 0.393 e. The number of alkyl halides is 1. The molecular weight excluding hydrogens is 270 g/mol. The maximum absolute atomic E-state index is 14.2. The molecule has 0 radical (unpaired) electrons. The minimum absolute atomic E-state index is 0.0347. The third-order valence-corrected chi connectivity index (χ3v) is 3.53. The fourth-order valence-electron chi connectivity index (χ4n) is 2.16. The van der Waals surface area contributed by atoms with Crippen LogP contribution >= 0.6 is 0 Å². The molecule has 0 spiro atoms. The van der Waals surface area contributed by atoms with Crippen molar-refractivity contribution in [1.29, 1.82) is 0 Å². The van der Waals surface area contributed by atoms with Crippen molar-refractivity contribution < 1.29 is 19.3 Å². The van der Waals surface area contributed by atoms with Gasteiger partial charge in [0.05, 0.1) is 6.61 Å². The molecule has 1 saturated heterocycles. The van der Waals surface area contributed by atoms with Gasteiger partial charge in [-0.3, -0.25) is 4.57 Å². The molecule has 0 aromatic carbocycles. The summed E-state index contributed by atoms with van der Waals surface area (Å²) in [5.41, 5.74) is 8.93. The Morgan fingerprint density at radius 2 is 2.30 bits per heavy atom. The summed E-state index contributed by atoms with van der Waals surface area (Å²) in [6, 6.07) is 0. The number of hydrogen-bond donors (Lipinski definition) is 4. The molecule has 1 aliphatic rings. The summed E-state index contributed by atoms with van der Waals surface area (Å²) < 4.78 is 20.4. The summed E-state index contributed by atoms with van der Waals surface area (Å²) in [6.07, 6.45) is -3.70. The van der Waals surface area contributed by atoms with E-state index < -0.39 is 36.4 Å². The molecule has 110 valence electrons. The maximum Gasteiger partial charge on any atom is 0.351 e. The van der Waals surface area contributed by atoms with E-state index in [1.807, 2.05) is 0 Å². The predicted octanol–water partition coefficient (Wildman–Crippen LogP) is -4.00. The van der Waals surface area contributed by atoms with Crippen molar-refractivity contribution in [3.8, 4) is 0 Å². The van der Waals surface area contributed by atoms with Crippen LogP contribution in [0.25, 0.3) is 0 Å². The van der Waals surface area contributed by atoms with Crippen molar-refractivity contribution in [3.63, 3.8) is 0 Å². The molecule has 0 unspecified atom stereocenters. The van der Waals surface area contributed by atoms with Crippen molar-refractivity contribution >= 4 is 19.1 Å². The number of anilines is 1. The number of halogens is 1. The van der Waals surface area contributed by atoms with Gasteiger partial charge in [0.15, 0.2) is 12.4 Å². The van der Waals surface area contributed by atoms with Gasteiger partial charge in [-0.05, 0) is 5.46 Å². The molecule has 2 heterocycles. The highest BCUT2D eigenvalue weighted by molar-refractivity contribution is 6.34. The second kappa shape index (κ2) is 5.13. The number of aliphatic hydroxyl groups is 2.